The topological polar surface area (TPSA) is 92.1 Å². The molecule has 0 saturated heterocycles. The van der Waals surface area contributed by atoms with Crippen LogP contribution in [0.2, 0.25) is 0 Å². The fraction of sp³-hybridized carbons (Fsp3) is 0.214. The third-order valence-corrected chi connectivity index (χ3v) is 2.95. The van der Waals surface area contributed by atoms with E-state index in [1.807, 2.05) is 19.1 Å². The zero-order valence-corrected chi connectivity index (χ0v) is 10.9. The zero-order chi connectivity index (χ0) is 14.5. The van der Waals surface area contributed by atoms with Crippen LogP contribution in [0.3, 0.4) is 0 Å². The average molecular weight is 271 g/mol. The Morgan fingerprint density at radius 1 is 1.50 bits per heavy atom. The smallest absolute Gasteiger partial charge is 0.293 e. The molecule has 2 aromatic rings. The summed E-state index contributed by atoms with van der Waals surface area (Å²) < 4.78 is 5.32. The Morgan fingerprint density at radius 3 is 2.85 bits per heavy atom. The van der Waals surface area contributed by atoms with Crippen LogP contribution in [-0.2, 0) is 0 Å². The third-order valence-electron chi connectivity index (χ3n) is 2.95. The van der Waals surface area contributed by atoms with E-state index in [1.165, 1.54) is 6.07 Å². The first-order valence-corrected chi connectivity index (χ1v) is 6.14. The fourth-order valence-electron chi connectivity index (χ4n) is 1.93. The zero-order valence-electron chi connectivity index (χ0n) is 10.9. The van der Waals surface area contributed by atoms with Gasteiger partial charge >= 0.3 is 0 Å². The van der Waals surface area contributed by atoms with Gasteiger partial charge in [-0.2, -0.15) is 5.26 Å². The van der Waals surface area contributed by atoms with Gasteiger partial charge in [-0.15, -0.1) is 0 Å². The Balaban J connectivity index is 2.33. The highest BCUT2D eigenvalue weighted by atomic mass is 16.6. The Kier molecular flexibility index (Phi) is 4.01. The summed E-state index contributed by atoms with van der Waals surface area (Å²) in [5.41, 5.74) is 0.514. The molecule has 102 valence electrons. The van der Waals surface area contributed by atoms with E-state index in [9.17, 15) is 10.1 Å². The molecule has 1 heterocycles. The molecule has 0 saturated carbocycles. The number of hydrogen-bond donors (Lipinski definition) is 1. The normalized spacial score (nSPS) is 11.6. The number of hydrogen-bond acceptors (Lipinski definition) is 5. The summed E-state index contributed by atoms with van der Waals surface area (Å²) >= 11 is 0. The minimum absolute atomic E-state index is 0.117. The van der Waals surface area contributed by atoms with Crippen molar-refractivity contribution in [3.8, 4) is 6.07 Å². The molecule has 1 N–H and O–H groups in total. The molecule has 0 aliphatic heterocycles. The highest BCUT2D eigenvalue weighted by Crippen LogP contribution is 2.30. The van der Waals surface area contributed by atoms with Gasteiger partial charge in [-0.05, 0) is 30.7 Å². The minimum atomic E-state index is -0.502. The minimum Gasteiger partial charge on any atom is -0.467 e. The highest BCUT2D eigenvalue weighted by molar-refractivity contribution is 5.64. The predicted molar refractivity (Wildman–Crippen MR) is 73.2 cm³/mol. The lowest BCUT2D eigenvalue weighted by atomic mass is 10.1. The Bertz CT molecular complexity index is 644. The molecule has 1 aromatic heterocycles. The summed E-state index contributed by atoms with van der Waals surface area (Å²) in [4.78, 5) is 10.6. The molecule has 0 fully saturated rings. The standard InChI is InChI=1S/C14H13N3O3/c1-2-11(14-4-3-7-20-14)16-12-6-5-10(9-15)8-13(12)17(18)19/h3-8,11,16H,2H2,1H3. The maximum atomic E-state index is 11.1. The lowest BCUT2D eigenvalue weighted by Gasteiger charge is -2.16. The highest BCUT2D eigenvalue weighted by Gasteiger charge is 2.19. The number of anilines is 1. The summed E-state index contributed by atoms with van der Waals surface area (Å²) in [5.74, 6) is 0.714. The van der Waals surface area contributed by atoms with E-state index in [0.717, 1.165) is 0 Å². The fourth-order valence-corrected chi connectivity index (χ4v) is 1.93. The first-order valence-electron chi connectivity index (χ1n) is 6.14. The number of furan rings is 1. The molecular formula is C14H13N3O3. The van der Waals surface area contributed by atoms with Gasteiger partial charge in [0.25, 0.3) is 5.69 Å². The molecule has 0 spiro atoms. The van der Waals surface area contributed by atoms with Crippen molar-refractivity contribution in [3.05, 3.63) is 58.0 Å². The van der Waals surface area contributed by atoms with Crippen LogP contribution in [0, 0.1) is 21.4 Å². The summed E-state index contributed by atoms with van der Waals surface area (Å²) in [5, 5.41) is 23.0. The van der Waals surface area contributed by atoms with Crippen molar-refractivity contribution >= 4 is 11.4 Å². The van der Waals surface area contributed by atoms with Gasteiger partial charge in [-0.1, -0.05) is 6.92 Å². The van der Waals surface area contributed by atoms with E-state index < -0.39 is 4.92 Å². The summed E-state index contributed by atoms with van der Waals surface area (Å²) in [6, 6.07) is 9.68. The van der Waals surface area contributed by atoms with Crippen LogP contribution in [0.4, 0.5) is 11.4 Å². The van der Waals surface area contributed by atoms with Crippen LogP contribution >= 0.6 is 0 Å². The van der Waals surface area contributed by atoms with Crippen molar-refractivity contribution in [1.82, 2.24) is 0 Å². The SMILES string of the molecule is CCC(Nc1ccc(C#N)cc1[N+](=O)[O-])c1ccco1. The maximum absolute atomic E-state index is 11.1. The molecule has 2 rings (SSSR count). The van der Waals surface area contributed by atoms with E-state index in [1.54, 1.807) is 24.5 Å². The molecule has 6 nitrogen and oxygen atoms in total. The van der Waals surface area contributed by atoms with Crippen molar-refractivity contribution < 1.29 is 9.34 Å². The first-order chi connectivity index (χ1) is 9.65. The van der Waals surface area contributed by atoms with E-state index >= 15 is 0 Å². The van der Waals surface area contributed by atoms with Crippen molar-refractivity contribution in [1.29, 1.82) is 5.26 Å². The van der Waals surface area contributed by atoms with Crippen LogP contribution < -0.4 is 5.32 Å². The van der Waals surface area contributed by atoms with Gasteiger partial charge in [0.15, 0.2) is 0 Å². The molecule has 0 aliphatic carbocycles. The summed E-state index contributed by atoms with van der Waals surface area (Å²) in [6.45, 7) is 1.95. The number of rotatable bonds is 5. The molecule has 1 aromatic carbocycles. The number of nitriles is 1. The summed E-state index contributed by atoms with van der Waals surface area (Å²) in [7, 11) is 0. The van der Waals surface area contributed by atoms with Gasteiger partial charge in [0.2, 0.25) is 0 Å². The Morgan fingerprint density at radius 2 is 2.30 bits per heavy atom. The van der Waals surface area contributed by atoms with Crippen molar-refractivity contribution in [2.75, 3.05) is 5.32 Å². The lowest BCUT2D eigenvalue weighted by molar-refractivity contribution is -0.384. The van der Waals surface area contributed by atoms with Crippen LogP contribution in [0.15, 0.2) is 41.0 Å². The van der Waals surface area contributed by atoms with Crippen molar-refractivity contribution in [2.45, 2.75) is 19.4 Å². The van der Waals surface area contributed by atoms with Gasteiger partial charge in [0.1, 0.15) is 11.4 Å². The maximum Gasteiger partial charge on any atom is 0.293 e. The number of nitro groups is 1. The first kappa shape index (κ1) is 13.6. The predicted octanol–water partition coefficient (Wildman–Crippen LogP) is 3.62. The van der Waals surface area contributed by atoms with Crippen LogP contribution in [0.1, 0.15) is 30.7 Å². The van der Waals surface area contributed by atoms with E-state index in [0.29, 0.717) is 17.9 Å². The molecule has 6 heteroatoms. The van der Waals surface area contributed by atoms with Crippen LogP contribution in [0.5, 0.6) is 0 Å². The summed E-state index contributed by atoms with van der Waals surface area (Å²) in [6.07, 6.45) is 2.28. The molecule has 1 atom stereocenters. The third kappa shape index (κ3) is 2.78. The van der Waals surface area contributed by atoms with E-state index in [2.05, 4.69) is 5.32 Å². The molecule has 0 bridgehead atoms. The largest absolute Gasteiger partial charge is 0.467 e. The number of nitrogens with one attached hydrogen (secondary N) is 1. The van der Waals surface area contributed by atoms with Crippen molar-refractivity contribution in [2.24, 2.45) is 0 Å². The Hall–Kier alpha value is -2.81. The molecule has 0 aliphatic rings. The lowest BCUT2D eigenvalue weighted by Crippen LogP contribution is -2.10. The van der Waals surface area contributed by atoms with Gasteiger partial charge in [0, 0.05) is 6.07 Å². The quantitative estimate of drug-likeness (QED) is 0.662. The monoisotopic (exact) mass is 271 g/mol. The van der Waals surface area contributed by atoms with Gasteiger partial charge in [-0.25, -0.2) is 0 Å². The second-order valence-corrected chi connectivity index (χ2v) is 4.22. The average Bonchev–Trinajstić information content (AvgIpc) is 2.98. The van der Waals surface area contributed by atoms with Gasteiger partial charge in [0.05, 0.1) is 28.9 Å². The van der Waals surface area contributed by atoms with Crippen LogP contribution in [-0.4, -0.2) is 4.92 Å². The molecule has 0 radical (unpaired) electrons. The number of nitro benzene ring substituents is 1. The molecular weight excluding hydrogens is 258 g/mol. The van der Waals surface area contributed by atoms with Gasteiger partial charge in [-0.3, -0.25) is 10.1 Å². The molecule has 1 unspecified atom stereocenters. The van der Waals surface area contributed by atoms with Crippen LogP contribution in [0.25, 0.3) is 0 Å². The second kappa shape index (κ2) is 5.89. The number of benzene rings is 1. The molecule has 0 amide bonds. The van der Waals surface area contributed by atoms with Crippen molar-refractivity contribution in [3.63, 3.8) is 0 Å². The van der Waals surface area contributed by atoms with Gasteiger partial charge < -0.3 is 9.73 Å². The number of nitrogens with zero attached hydrogens (tertiary/aromatic N) is 2. The second-order valence-electron chi connectivity index (χ2n) is 4.22. The Labute approximate surface area is 115 Å². The molecule has 20 heavy (non-hydrogen) atoms. The van der Waals surface area contributed by atoms with E-state index in [4.69, 9.17) is 9.68 Å². The van der Waals surface area contributed by atoms with E-state index in [-0.39, 0.29) is 17.3 Å².